The van der Waals surface area contributed by atoms with Crippen molar-refractivity contribution in [2.45, 2.75) is 118 Å². The number of rotatable bonds is 23. The molecule has 0 saturated heterocycles. The molecule has 1 aromatic heterocycles. The van der Waals surface area contributed by atoms with Crippen LogP contribution in [0.25, 0.3) is 11.4 Å². The van der Waals surface area contributed by atoms with Gasteiger partial charge in [0, 0.05) is 44.8 Å². The first-order valence-corrected chi connectivity index (χ1v) is 22.1. The molecule has 396 valence electrons. The van der Waals surface area contributed by atoms with Crippen molar-refractivity contribution in [3.8, 4) is 11.4 Å². The molecule has 2 rings (SSSR count). The molecule has 0 bridgehead atoms. The molecule has 1 aromatic carbocycles. The Bertz CT molecular complexity index is 1640. The van der Waals surface area contributed by atoms with Crippen LogP contribution in [0, 0.1) is 13.8 Å². The maximum atomic E-state index is 12.7. The van der Waals surface area contributed by atoms with Crippen LogP contribution in [0.4, 0.5) is 27.6 Å². The largest absolute Gasteiger partial charge is 0.508 e. The highest BCUT2D eigenvalue weighted by Gasteiger charge is 2.32. The van der Waals surface area contributed by atoms with Crippen LogP contribution in [0.2, 0.25) is 0 Å². The topological polar surface area (TPSA) is 234 Å². The Morgan fingerprint density at radius 3 is 1.48 bits per heavy atom. The smallest absolute Gasteiger partial charge is 0.469 e. The second kappa shape index (κ2) is 48.3. The van der Waals surface area contributed by atoms with Crippen LogP contribution in [-0.2, 0) is 67.9 Å². The fraction of sp³-hybridized carbons (Fsp3) is 0.617. The van der Waals surface area contributed by atoms with Crippen LogP contribution in [0.15, 0.2) is 48.0 Å². The van der Waals surface area contributed by atoms with Crippen LogP contribution < -0.4 is 0 Å². The zero-order valence-corrected chi connectivity index (χ0v) is 42.0. The Hall–Kier alpha value is -6.19. The van der Waals surface area contributed by atoms with Crippen molar-refractivity contribution < 1.29 is 93.8 Å². The Kier molecular flexibility index (Phi) is 48.5. The lowest BCUT2D eigenvalue weighted by atomic mass is 10.0. The highest BCUT2D eigenvalue weighted by Crippen LogP contribution is 2.34. The first-order valence-electron chi connectivity index (χ1n) is 22.1. The molecule has 0 fully saturated rings. The number of unbranched alkanes of at least 4 members (excludes halogenated alkanes) is 7. The summed E-state index contributed by atoms with van der Waals surface area (Å²) in [6.45, 7) is 17.7. The number of hydrogen-bond acceptors (Lipinski definition) is 19. The van der Waals surface area contributed by atoms with Gasteiger partial charge in [-0.25, -0.2) is 24.0 Å². The van der Waals surface area contributed by atoms with E-state index in [-0.39, 0.29) is 37.2 Å². The monoisotopic (exact) mass is 997 g/mol. The van der Waals surface area contributed by atoms with Gasteiger partial charge in [-0.3, -0.25) is 4.79 Å². The lowest BCUT2D eigenvalue weighted by Crippen LogP contribution is -2.12. The van der Waals surface area contributed by atoms with Gasteiger partial charge < -0.3 is 51.9 Å². The molecule has 0 aliphatic carbocycles. The Morgan fingerprint density at radius 1 is 0.594 bits per heavy atom. The van der Waals surface area contributed by atoms with E-state index in [1.807, 2.05) is 6.92 Å². The number of methoxy groups -OCH3 is 5. The summed E-state index contributed by atoms with van der Waals surface area (Å²) in [4.78, 5) is 66.3. The molecule has 0 unspecified atom stereocenters. The standard InChI is InChI=1S/C11H9F3N2O.C9H14O5.C7H10O5.C7H14O2.C7H16O.C6H12O3/c1-6-3-4-8(5-9(6)11(12,13)14)10-15-7(2)17-16-10;1-3-8(10)13-6-4-5-7-14-9(11)12-2;1-3-6(8)11-4-5-12-7(9)10-2;1-3-4-5-6-7(8)9-2;1-3-4-5-6-7-8-2;1-3-4-5-9-6(7)8-2/h3-5H,1-2H3;3H,1,4-7H2,2H3;3H,1,4-5H2,2H3;3-6H2,1-2H3;3-7H2,1-2H3;3-5H2,1-2H3. The van der Waals surface area contributed by atoms with Gasteiger partial charge in [-0.1, -0.05) is 89.7 Å². The van der Waals surface area contributed by atoms with Crippen molar-refractivity contribution in [2.24, 2.45) is 0 Å². The van der Waals surface area contributed by atoms with E-state index in [0.717, 1.165) is 56.9 Å². The molecule has 0 aliphatic heterocycles. The lowest BCUT2D eigenvalue weighted by molar-refractivity contribution is -0.141. The Balaban J connectivity index is -0.000000376. The number of halogens is 3. The number of esters is 3. The van der Waals surface area contributed by atoms with Gasteiger partial charge in [0.1, 0.15) is 13.2 Å². The molecule has 0 radical (unpaired) electrons. The molecule has 19 nitrogen and oxygen atoms in total. The number of hydrogen-bond donors (Lipinski definition) is 0. The highest BCUT2D eigenvalue weighted by molar-refractivity contribution is 5.81. The molecule has 1 heterocycles. The summed E-state index contributed by atoms with van der Waals surface area (Å²) < 4.78 is 87.6. The van der Waals surface area contributed by atoms with Crippen molar-refractivity contribution in [1.82, 2.24) is 10.1 Å². The zero-order valence-electron chi connectivity index (χ0n) is 42.0. The van der Waals surface area contributed by atoms with Crippen LogP contribution in [0.3, 0.4) is 0 Å². The van der Waals surface area contributed by atoms with Crippen LogP contribution >= 0.6 is 0 Å². The van der Waals surface area contributed by atoms with Crippen molar-refractivity contribution in [3.05, 3.63) is 60.5 Å². The van der Waals surface area contributed by atoms with E-state index in [2.05, 4.69) is 75.0 Å². The number of alkyl halides is 3. The van der Waals surface area contributed by atoms with E-state index in [0.29, 0.717) is 43.9 Å². The van der Waals surface area contributed by atoms with Crippen LogP contribution in [0.1, 0.15) is 115 Å². The minimum atomic E-state index is -4.38. The number of benzene rings is 1. The molecule has 0 amide bonds. The van der Waals surface area contributed by atoms with Crippen LogP contribution in [-0.4, -0.2) is 122 Å². The first-order chi connectivity index (χ1) is 32.8. The normalized spacial score (nSPS) is 9.64. The average molecular weight is 997 g/mol. The zero-order chi connectivity index (χ0) is 53.3. The van der Waals surface area contributed by atoms with E-state index in [9.17, 15) is 41.9 Å². The second-order valence-electron chi connectivity index (χ2n) is 13.5. The van der Waals surface area contributed by atoms with Gasteiger partial charge >= 0.3 is 42.6 Å². The van der Waals surface area contributed by atoms with Gasteiger partial charge in [-0.15, -0.1) is 0 Å². The number of nitrogens with zero attached hydrogens (tertiary/aromatic N) is 2. The summed E-state index contributed by atoms with van der Waals surface area (Å²) in [7, 11) is 6.92. The summed E-state index contributed by atoms with van der Waals surface area (Å²) in [5.41, 5.74) is -0.223. The average Bonchev–Trinajstić information content (AvgIpc) is 3.79. The summed E-state index contributed by atoms with van der Waals surface area (Å²) >= 11 is 0. The number of ether oxygens (including phenoxy) is 10. The number of carbonyl (C=O) groups is 6. The molecule has 69 heavy (non-hydrogen) atoms. The van der Waals surface area contributed by atoms with Gasteiger partial charge in [-0.2, -0.15) is 18.2 Å². The second-order valence-corrected chi connectivity index (χ2v) is 13.5. The maximum Gasteiger partial charge on any atom is 0.508 e. The fourth-order valence-corrected chi connectivity index (χ4v) is 4.17. The molecule has 0 spiro atoms. The third kappa shape index (κ3) is 46.7. The van der Waals surface area contributed by atoms with Gasteiger partial charge in [-0.05, 0) is 50.7 Å². The molecule has 0 saturated carbocycles. The third-order valence-electron chi connectivity index (χ3n) is 7.84. The summed E-state index contributed by atoms with van der Waals surface area (Å²) in [6, 6.07) is 3.96. The van der Waals surface area contributed by atoms with Gasteiger partial charge in [0.05, 0.1) is 53.8 Å². The number of aromatic nitrogens is 2. The third-order valence-corrected chi connectivity index (χ3v) is 7.84. The minimum Gasteiger partial charge on any atom is -0.469 e. The van der Waals surface area contributed by atoms with E-state index >= 15 is 0 Å². The van der Waals surface area contributed by atoms with Crippen molar-refractivity contribution >= 4 is 36.4 Å². The Morgan fingerprint density at radius 2 is 1.04 bits per heavy atom. The van der Waals surface area contributed by atoms with Gasteiger partial charge in [0.15, 0.2) is 0 Å². The van der Waals surface area contributed by atoms with Gasteiger partial charge in [0.2, 0.25) is 11.7 Å². The molecule has 2 aromatic rings. The van der Waals surface area contributed by atoms with E-state index < -0.39 is 42.1 Å². The Labute approximate surface area is 404 Å². The van der Waals surface area contributed by atoms with Crippen molar-refractivity contribution in [2.75, 3.05) is 75.2 Å². The predicted octanol–water partition coefficient (Wildman–Crippen LogP) is 10.7. The summed E-state index contributed by atoms with van der Waals surface area (Å²) in [5.74, 6) is -0.618. The SMILES string of the molecule is C=CC(=O)OCCCCOC(=O)OC.C=CC(=O)OCCOC(=O)OC.CCCCCC(=O)OC.CCCCCCOC.CCCCOC(=O)OC.Cc1nc(-c2ccc(C)c(C(F)(F)F)c2)no1. The molecular weight excluding hydrogens is 922 g/mol. The van der Waals surface area contributed by atoms with Crippen molar-refractivity contribution in [3.63, 3.8) is 0 Å². The maximum absolute atomic E-state index is 12.7. The highest BCUT2D eigenvalue weighted by atomic mass is 19.4. The molecular formula is C47H75F3N2O17. The van der Waals surface area contributed by atoms with E-state index in [1.165, 1.54) is 73.2 Å². The number of carbonyl (C=O) groups excluding carboxylic acids is 6. The predicted molar refractivity (Wildman–Crippen MR) is 248 cm³/mol. The summed E-state index contributed by atoms with van der Waals surface area (Å²) in [6.07, 6.45) is 7.85. The van der Waals surface area contributed by atoms with Crippen LogP contribution in [0.5, 0.6) is 0 Å². The molecule has 0 atom stereocenters. The fourth-order valence-electron chi connectivity index (χ4n) is 4.17. The van der Waals surface area contributed by atoms with E-state index in [4.69, 9.17) is 14.0 Å². The quantitative estimate of drug-likeness (QED) is 0.0435. The number of aryl methyl sites for hydroxylation is 2. The lowest BCUT2D eigenvalue weighted by Gasteiger charge is -2.10. The van der Waals surface area contributed by atoms with Crippen molar-refractivity contribution in [1.29, 1.82) is 0 Å². The molecule has 0 N–H and O–H groups in total. The molecule has 0 aliphatic rings. The summed E-state index contributed by atoms with van der Waals surface area (Å²) in [5, 5.41) is 3.59. The molecule has 22 heteroatoms. The minimum absolute atomic E-state index is 0.0000463. The van der Waals surface area contributed by atoms with Gasteiger partial charge in [0.25, 0.3) is 0 Å². The van der Waals surface area contributed by atoms with E-state index in [1.54, 1.807) is 14.0 Å². The first kappa shape index (κ1) is 69.4.